The highest BCUT2D eigenvalue weighted by molar-refractivity contribution is 6.01. The first-order chi connectivity index (χ1) is 6.72. The second kappa shape index (κ2) is 3.58. The Morgan fingerprint density at radius 2 is 2.36 bits per heavy atom. The molecule has 3 heteroatoms. The topological polar surface area (TPSA) is 39.4 Å². The van der Waals surface area contributed by atoms with Crippen LogP contribution in [0.15, 0.2) is 23.0 Å². The second-order valence-corrected chi connectivity index (χ2v) is 3.88. The third-order valence-corrected chi connectivity index (χ3v) is 2.73. The summed E-state index contributed by atoms with van der Waals surface area (Å²) >= 11 is 0. The molecule has 1 unspecified atom stereocenters. The lowest BCUT2D eigenvalue weighted by Crippen LogP contribution is -2.41. The van der Waals surface area contributed by atoms with E-state index in [1.165, 1.54) is 12.5 Å². The SMILES string of the molecule is CC1(C(=O)c2ccoc2)CCCCO1. The molecule has 0 bridgehead atoms. The Bertz CT molecular complexity index is 307. The van der Waals surface area contributed by atoms with Gasteiger partial charge in [0.1, 0.15) is 11.9 Å². The van der Waals surface area contributed by atoms with Gasteiger partial charge in [0.25, 0.3) is 0 Å². The number of ketones is 1. The molecule has 1 saturated heterocycles. The van der Waals surface area contributed by atoms with Crippen molar-refractivity contribution in [2.75, 3.05) is 6.61 Å². The third-order valence-electron chi connectivity index (χ3n) is 2.73. The van der Waals surface area contributed by atoms with E-state index in [0.29, 0.717) is 12.2 Å². The van der Waals surface area contributed by atoms with Gasteiger partial charge in [-0.1, -0.05) is 0 Å². The minimum Gasteiger partial charge on any atom is -0.472 e. The number of ether oxygens (including phenoxy) is 1. The first-order valence-electron chi connectivity index (χ1n) is 4.93. The Kier molecular flexibility index (Phi) is 2.42. The fraction of sp³-hybridized carbons (Fsp3) is 0.545. The van der Waals surface area contributed by atoms with Crippen LogP contribution in [0.2, 0.25) is 0 Å². The molecule has 0 aliphatic carbocycles. The zero-order valence-corrected chi connectivity index (χ0v) is 8.29. The molecule has 0 amide bonds. The summed E-state index contributed by atoms with van der Waals surface area (Å²) in [5, 5.41) is 0. The summed E-state index contributed by atoms with van der Waals surface area (Å²) in [6, 6.07) is 1.69. The third kappa shape index (κ3) is 1.60. The molecule has 14 heavy (non-hydrogen) atoms. The van der Waals surface area contributed by atoms with Gasteiger partial charge in [-0.15, -0.1) is 0 Å². The smallest absolute Gasteiger partial charge is 0.197 e. The number of hydrogen-bond donors (Lipinski definition) is 0. The molecule has 1 aromatic rings. The van der Waals surface area contributed by atoms with Crippen LogP contribution in [0, 0.1) is 0 Å². The van der Waals surface area contributed by atoms with Crippen molar-refractivity contribution >= 4 is 5.78 Å². The monoisotopic (exact) mass is 194 g/mol. The molecule has 0 radical (unpaired) electrons. The van der Waals surface area contributed by atoms with Gasteiger partial charge in [0, 0.05) is 6.61 Å². The minimum absolute atomic E-state index is 0.0333. The maximum Gasteiger partial charge on any atom is 0.197 e. The number of rotatable bonds is 2. The average Bonchev–Trinajstić information content (AvgIpc) is 2.70. The van der Waals surface area contributed by atoms with Crippen LogP contribution in [-0.2, 0) is 4.74 Å². The van der Waals surface area contributed by atoms with Crippen molar-refractivity contribution in [3.05, 3.63) is 24.2 Å². The van der Waals surface area contributed by atoms with E-state index in [9.17, 15) is 4.79 Å². The van der Waals surface area contributed by atoms with Crippen molar-refractivity contribution in [3.8, 4) is 0 Å². The molecule has 1 aliphatic rings. The molecule has 2 rings (SSSR count). The number of Topliss-reactive ketones (excluding diaryl/α,β-unsaturated/α-hetero) is 1. The Balaban J connectivity index is 2.17. The Morgan fingerprint density at radius 1 is 1.50 bits per heavy atom. The number of carbonyl (C=O) groups excluding carboxylic acids is 1. The maximum absolute atomic E-state index is 12.0. The predicted octanol–water partition coefficient (Wildman–Crippen LogP) is 2.42. The van der Waals surface area contributed by atoms with E-state index in [2.05, 4.69) is 0 Å². The van der Waals surface area contributed by atoms with Crippen molar-refractivity contribution in [1.29, 1.82) is 0 Å². The van der Waals surface area contributed by atoms with E-state index < -0.39 is 5.60 Å². The molecule has 1 aromatic heterocycles. The van der Waals surface area contributed by atoms with E-state index >= 15 is 0 Å². The van der Waals surface area contributed by atoms with E-state index in [1.807, 2.05) is 6.92 Å². The lowest BCUT2D eigenvalue weighted by Gasteiger charge is -2.31. The van der Waals surface area contributed by atoms with E-state index in [0.717, 1.165) is 19.3 Å². The normalized spacial score (nSPS) is 27.5. The Labute approximate surface area is 83.0 Å². The molecule has 0 N–H and O–H groups in total. The highest BCUT2D eigenvalue weighted by Crippen LogP contribution is 2.28. The van der Waals surface area contributed by atoms with Gasteiger partial charge in [0.05, 0.1) is 11.8 Å². The Morgan fingerprint density at radius 3 is 2.93 bits per heavy atom. The lowest BCUT2D eigenvalue weighted by molar-refractivity contribution is -0.0426. The van der Waals surface area contributed by atoms with Gasteiger partial charge in [-0.3, -0.25) is 4.79 Å². The molecule has 0 spiro atoms. The quantitative estimate of drug-likeness (QED) is 0.679. The fourth-order valence-corrected chi connectivity index (χ4v) is 1.81. The van der Waals surface area contributed by atoms with Crippen LogP contribution in [0.3, 0.4) is 0 Å². The summed E-state index contributed by atoms with van der Waals surface area (Å²) in [7, 11) is 0. The molecular weight excluding hydrogens is 180 g/mol. The van der Waals surface area contributed by atoms with Crippen molar-refractivity contribution < 1.29 is 13.9 Å². The highest BCUT2D eigenvalue weighted by atomic mass is 16.5. The summed E-state index contributed by atoms with van der Waals surface area (Å²) in [6.45, 7) is 2.54. The van der Waals surface area contributed by atoms with Crippen molar-refractivity contribution in [3.63, 3.8) is 0 Å². The fourth-order valence-electron chi connectivity index (χ4n) is 1.81. The van der Waals surface area contributed by atoms with E-state index in [1.54, 1.807) is 6.07 Å². The van der Waals surface area contributed by atoms with Crippen LogP contribution >= 0.6 is 0 Å². The summed E-state index contributed by atoms with van der Waals surface area (Å²) in [5.74, 6) is 0.0333. The van der Waals surface area contributed by atoms with Gasteiger partial charge >= 0.3 is 0 Å². The predicted molar refractivity (Wildman–Crippen MR) is 51.2 cm³/mol. The van der Waals surface area contributed by atoms with Crippen LogP contribution in [0.1, 0.15) is 36.5 Å². The molecular formula is C11H14O3. The zero-order valence-electron chi connectivity index (χ0n) is 8.29. The molecule has 1 aliphatic heterocycles. The molecule has 0 saturated carbocycles. The highest BCUT2D eigenvalue weighted by Gasteiger charge is 2.36. The first-order valence-corrected chi connectivity index (χ1v) is 4.93. The van der Waals surface area contributed by atoms with E-state index in [-0.39, 0.29) is 5.78 Å². The molecule has 1 fully saturated rings. The first kappa shape index (κ1) is 9.46. The van der Waals surface area contributed by atoms with Crippen LogP contribution < -0.4 is 0 Å². The van der Waals surface area contributed by atoms with Crippen LogP contribution in [0.25, 0.3) is 0 Å². The van der Waals surface area contributed by atoms with Gasteiger partial charge in [0.15, 0.2) is 5.78 Å². The maximum atomic E-state index is 12.0. The van der Waals surface area contributed by atoms with Gasteiger partial charge in [-0.25, -0.2) is 0 Å². The molecule has 76 valence electrons. The Hall–Kier alpha value is -1.09. The van der Waals surface area contributed by atoms with Crippen molar-refractivity contribution in [2.45, 2.75) is 31.8 Å². The molecule has 1 atom stereocenters. The van der Waals surface area contributed by atoms with Crippen molar-refractivity contribution in [2.24, 2.45) is 0 Å². The molecule has 0 aromatic carbocycles. The van der Waals surface area contributed by atoms with Crippen LogP contribution in [0.4, 0.5) is 0 Å². The standard InChI is InChI=1S/C11H14O3/c1-11(5-2-3-6-14-11)10(12)9-4-7-13-8-9/h4,7-8H,2-3,5-6H2,1H3. The van der Waals surface area contributed by atoms with Crippen molar-refractivity contribution in [1.82, 2.24) is 0 Å². The molecule has 2 heterocycles. The molecule has 3 nitrogen and oxygen atoms in total. The summed E-state index contributed by atoms with van der Waals surface area (Å²) in [4.78, 5) is 12.0. The van der Waals surface area contributed by atoms with Gasteiger partial charge in [-0.2, -0.15) is 0 Å². The van der Waals surface area contributed by atoms with Gasteiger partial charge in [-0.05, 0) is 32.3 Å². The average molecular weight is 194 g/mol. The number of hydrogen-bond acceptors (Lipinski definition) is 3. The summed E-state index contributed by atoms with van der Waals surface area (Å²) in [6.07, 6.45) is 5.90. The van der Waals surface area contributed by atoms with Crippen LogP contribution in [-0.4, -0.2) is 18.0 Å². The number of carbonyl (C=O) groups is 1. The largest absolute Gasteiger partial charge is 0.472 e. The minimum atomic E-state index is -0.637. The van der Waals surface area contributed by atoms with E-state index in [4.69, 9.17) is 9.15 Å². The summed E-state index contributed by atoms with van der Waals surface area (Å²) < 4.78 is 10.5. The second-order valence-electron chi connectivity index (χ2n) is 3.88. The summed E-state index contributed by atoms with van der Waals surface area (Å²) in [5.41, 5.74) is -0.0309. The number of furan rings is 1. The lowest BCUT2D eigenvalue weighted by atomic mass is 9.89. The van der Waals surface area contributed by atoms with Gasteiger partial charge < -0.3 is 9.15 Å². The van der Waals surface area contributed by atoms with Crippen LogP contribution in [0.5, 0.6) is 0 Å². The van der Waals surface area contributed by atoms with Gasteiger partial charge in [0.2, 0.25) is 0 Å². The zero-order chi connectivity index (χ0) is 10.0.